The predicted molar refractivity (Wildman–Crippen MR) is 17.4 cm³/mol. The maximum Gasteiger partial charge on any atom is 0.0211 e. The van der Waals surface area contributed by atoms with E-state index in [4.69, 9.17) is 5.26 Å². The van der Waals surface area contributed by atoms with Crippen LogP contribution in [0, 0.1) is 0 Å². The van der Waals surface area contributed by atoms with Gasteiger partial charge in [-0.15, -0.1) is 4.99 Å². The second kappa shape index (κ2) is 3.88. The highest BCUT2D eigenvalue weighted by molar-refractivity contribution is 4.06. The Balaban J connectivity index is 2.19. The van der Waals surface area contributed by atoms with E-state index in [0.29, 0.717) is 6.54 Å². The van der Waals surface area contributed by atoms with Crippen LogP contribution >= 0.6 is 0 Å². The Morgan fingerprint density at radius 1 is 2.00 bits per heavy atom. The van der Waals surface area contributed by atoms with Crippen molar-refractivity contribution in [2.75, 3.05) is 6.54 Å². The Morgan fingerprint density at radius 2 is 2.60 bits per heavy atom. The number of hydrogen-bond acceptors (Lipinski definition) is 3. The number of nitrogens with one attached hydrogen (secondary N) is 1. The van der Waals surface area contributed by atoms with Crippen molar-refractivity contribution in [2.45, 2.75) is 6.92 Å². The van der Waals surface area contributed by atoms with Crippen LogP contribution in [-0.4, -0.2) is 11.8 Å². The quantitative estimate of drug-likeness (QED) is 0.360. The number of rotatable bonds is 2. The molecular weight excluding hydrogens is 70.0 g/mol. The van der Waals surface area contributed by atoms with Gasteiger partial charge >= 0.3 is 0 Å². The molecule has 0 aromatic rings. The first-order valence-electron chi connectivity index (χ1n) is 1.45. The molecule has 3 heteroatoms. The largest absolute Gasteiger partial charge is 0.233 e. The molecule has 0 unspecified atom stereocenters. The van der Waals surface area contributed by atoms with E-state index in [1.165, 1.54) is 0 Å². The van der Waals surface area contributed by atoms with Crippen molar-refractivity contribution in [3.63, 3.8) is 0 Å². The van der Waals surface area contributed by atoms with Crippen molar-refractivity contribution in [3.05, 3.63) is 0 Å². The van der Waals surface area contributed by atoms with Crippen molar-refractivity contribution < 1.29 is 10.2 Å². The summed E-state index contributed by atoms with van der Waals surface area (Å²) < 4.78 is 0. The van der Waals surface area contributed by atoms with Crippen molar-refractivity contribution in [2.24, 2.45) is 0 Å². The molecule has 3 nitrogen and oxygen atoms in total. The van der Waals surface area contributed by atoms with Crippen molar-refractivity contribution in [1.29, 1.82) is 0 Å². The van der Waals surface area contributed by atoms with E-state index in [1.807, 2.05) is 6.92 Å². The molecule has 0 aliphatic carbocycles. The van der Waals surface area contributed by atoms with Gasteiger partial charge in [-0.3, -0.25) is 0 Å². The Bertz CT molecular complexity index is 15.1. The zero-order chi connectivity index (χ0) is 4.12. The second-order valence-electron chi connectivity index (χ2n) is 0.589. The molecule has 0 aliphatic rings. The number of hydrogen-bond donors (Lipinski definition) is 2. The zero-order valence-electron chi connectivity index (χ0n) is 3.06. The van der Waals surface area contributed by atoms with Crippen molar-refractivity contribution in [3.8, 4) is 0 Å². The highest BCUT2D eigenvalue weighted by Gasteiger charge is 1.63. The van der Waals surface area contributed by atoms with Gasteiger partial charge in [0.25, 0.3) is 0 Å². The lowest BCUT2D eigenvalue weighted by Gasteiger charge is -1.85. The molecule has 0 aromatic heterocycles. The standard InChI is InChI=1S/C2H7NO2/c1-2-3-5-4/h3-4H,2H2,1H3. The third kappa shape index (κ3) is 3.88. The Labute approximate surface area is 30.4 Å². The molecule has 0 aromatic carbocycles. The van der Waals surface area contributed by atoms with Crippen molar-refractivity contribution in [1.82, 2.24) is 5.48 Å². The first kappa shape index (κ1) is 4.88. The van der Waals surface area contributed by atoms with E-state index in [-0.39, 0.29) is 0 Å². The molecular formula is C2H7NO2. The Hall–Kier alpha value is -0.120. The summed E-state index contributed by atoms with van der Waals surface area (Å²) in [6.07, 6.45) is 0. The normalized spacial score (nSPS) is 8.40. The molecule has 0 atom stereocenters. The summed E-state index contributed by atoms with van der Waals surface area (Å²) in [5.74, 6) is 0. The Kier molecular flexibility index (Phi) is 3.79. The van der Waals surface area contributed by atoms with Gasteiger partial charge in [-0.1, -0.05) is 6.92 Å². The van der Waals surface area contributed by atoms with Crippen LogP contribution in [-0.2, 0) is 4.99 Å². The smallest absolute Gasteiger partial charge is 0.0211 e. The molecule has 32 valence electrons. The zero-order valence-corrected chi connectivity index (χ0v) is 3.06. The van der Waals surface area contributed by atoms with E-state index in [0.717, 1.165) is 0 Å². The van der Waals surface area contributed by atoms with Gasteiger partial charge < -0.3 is 0 Å². The van der Waals surface area contributed by atoms with E-state index < -0.39 is 0 Å². The van der Waals surface area contributed by atoms with Crippen LogP contribution in [0.3, 0.4) is 0 Å². The minimum Gasteiger partial charge on any atom is -0.233 e. The van der Waals surface area contributed by atoms with Gasteiger partial charge in [-0.25, -0.2) is 5.26 Å². The highest BCUT2D eigenvalue weighted by atomic mass is 17.2. The van der Waals surface area contributed by atoms with Gasteiger partial charge in [-0.2, -0.15) is 5.48 Å². The molecule has 0 amide bonds. The van der Waals surface area contributed by atoms with Crippen LogP contribution in [0.5, 0.6) is 0 Å². The fourth-order valence-electron chi connectivity index (χ4n) is 0.0645. The number of hydroxylamine groups is 1. The Morgan fingerprint density at radius 3 is 2.60 bits per heavy atom. The molecule has 0 bridgehead atoms. The lowest BCUT2D eigenvalue weighted by Crippen LogP contribution is -2.09. The molecule has 0 spiro atoms. The van der Waals surface area contributed by atoms with Crippen LogP contribution in [0.4, 0.5) is 0 Å². The minimum atomic E-state index is 0.622. The lowest BCUT2D eigenvalue weighted by molar-refractivity contribution is -0.290. The fourth-order valence-corrected chi connectivity index (χ4v) is 0.0645. The average molecular weight is 77.1 g/mol. The van der Waals surface area contributed by atoms with E-state index >= 15 is 0 Å². The molecule has 5 heavy (non-hydrogen) atoms. The summed E-state index contributed by atoms with van der Waals surface area (Å²) in [4.78, 5) is 3.44. The third-order valence-corrected chi connectivity index (χ3v) is 0.209. The summed E-state index contributed by atoms with van der Waals surface area (Å²) in [5.41, 5.74) is 2.17. The molecule has 2 N–H and O–H groups in total. The SMILES string of the molecule is CCNOO. The van der Waals surface area contributed by atoms with Crippen LogP contribution in [0.15, 0.2) is 0 Å². The minimum absolute atomic E-state index is 0.622. The highest BCUT2D eigenvalue weighted by Crippen LogP contribution is 1.46. The first-order valence-corrected chi connectivity index (χ1v) is 1.45. The van der Waals surface area contributed by atoms with E-state index in [2.05, 4.69) is 10.5 Å². The van der Waals surface area contributed by atoms with Gasteiger partial charge in [0.05, 0.1) is 0 Å². The van der Waals surface area contributed by atoms with Crippen LogP contribution in [0.1, 0.15) is 6.92 Å². The topological polar surface area (TPSA) is 41.5 Å². The predicted octanol–water partition coefficient (Wildman–Crippen LogP) is 0.000500. The molecule has 0 saturated heterocycles. The van der Waals surface area contributed by atoms with Crippen LogP contribution in [0.2, 0.25) is 0 Å². The van der Waals surface area contributed by atoms with E-state index in [9.17, 15) is 0 Å². The lowest BCUT2D eigenvalue weighted by atomic mass is 10.8. The van der Waals surface area contributed by atoms with Gasteiger partial charge in [-0.05, 0) is 0 Å². The average Bonchev–Trinajstić information content (AvgIpc) is 1.41. The molecule has 0 heterocycles. The summed E-state index contributed by atoms with van der Waals surface area (Å²) in [5, 5.41) is 7.46. The van der Waals surface area contributed by atoms with Crippen LogP contribution < -0.4 is 5.48 Å². The summed E-state index contributed by atoms with van der Waals surface area (Å²) in [6, 6.07) is 0. The summed E-state index contributed by atoms with van der Waals surface area (Å²) in [6.45, 7) is 2.44. The fraction of sp³-hybridized carbons (Fsp3) is 1.00. The van der Waals surface area contributed by atoms with Gasteiger partial charge in [0.15, 0.2) is 0 Å². The van der Waals surface area contributed by atoms with E-state index in [1.54, 1.807) is 0 Å². The maximum atomic E-state index is 7.46. The molecule has 0 fully saturated rings. The molecule has 0 saturated carbocycles. The summed E-state index contributed by atoms with van der Waals surface area (Å²) in [7, 11) is 0. The van der Waals surface area contributed by atoms with Crippen LogP contribution in [0.25, 0.3) is 0 Å². The molecule has 0 rings (SSSR count). The maximum absolute atomic E-state index is 7.46. The third-order valence-electron chi connectivity index (χ3n) is 0.209. The van der Waals surface area contributed by atoms with Gasteiger partial charge in [0.2, 0.25) is 0 Å². The van der Waals surface area contributed by atoms with Crippen molar-refractivity contribution >= 4 is 0 Å². The molecule has 0 radical (unpaired) electrons. The monoisotopic (exact) mass is 77.0 g/mol. The van der Waals surface area contributed by atoms with Gasteiger partial charge in [0, 0.05) is 6.54 Å². The molecule has 0 aliphatic heterocycles. The first-order chi connectivity index (χ1) is 2.41. The summed E-state index contributed by atoms with van der Waals surface area (Å²) >= 11 is 0. The second-order valence-corrected chi connectivity index (χ2v) is 0.589. The van der Waals surface area contributed by atoms with Gasteiger partial charge in [0.1, 0.15) is 0 Å².